The van der Waals surface area contributed by atoms with E-state index in [9.17, 15) is 19.2 Å². The third-order valence-corrected chi connectivity index (χ3v) is 24.0. The van der Waals surface area contributed by atoms with E-state index in [2.05, 4.69) is 29.8 Å². The summed E-state index contributed by atoms with van der Waals surface area (Å²) in [6.07, 6.45) is 107. The molecule has 2 heterocycles. The first kappa shape index (κ1) is 97.2. The molecule has 4 amide bonds. The second-order valence-electron chi connectivity index (χ2n) is 33.9. The minimum absolute atomic E-state index is 0.00632. The Labute approximate surface area is 643 Å². The van der Waals surface area contributed by atoms with Gasteiger partial charge in [-0.1, -0.05) is 489 Å². The molecule has 0 saturated carbocycles. The molecule has 0 radical (unpaired) electrons. The van der Waals surface area contributed by atoms with Crippen LogP contribution >= 0.6 is 0 Å². The number of hydrogen-bond donors (Lipinski definition) is 3. The standard InChI is InChI=1S/C94H183N5O4/c1-3-5-7-9-11-13-15-17-19-21-23-25-27-29-31-33-35-37-39-40-41-42-43-44-46-48-50-52-54-56-58-60-62-64-66-68-70-72-74-76-78-90-88-92(101)99(94(90)103)86-84-97-82-80-95-79-81-96-83-85-98-91(100)87-89(93(98)102)77-75-73-71-69-67-65-63-61-59-57-55-53-51-49-47-45-38-36-34-32-30-28-26-24-22-20-18-16-14-12-10-8-6-4-2/h89-90,95-97H,3-88H2,1-2H3. The second-order valence-corrected chi connectivity index (χ2v) is 33.9. The van der Waals surface area contributed by atoms with Crippen LogP contribution in [0.25, 0.3) is 0 Å². The fraction of sp³-hybridized carbons (Fsp3) is 0.957. The van der Waals surface area contributed by atoms with Crippen molar-refractivity contribution in [3.8, 4) is 0 Å². The molecule has 103 heavy (non-hydrogen) atoms. The van der Waals surface area contributed by atoms with Crippen molar-refractivity contribution in [2.45, 2.75) is 515 Å². The predicted molar refractivity (Wildman–Crippen MR) is 451 cm³/mol. The van der Waals surface area contributed by atoms with Crippen molar-refractivity contribution in [2.24, 2.45) is 11.8 Å². The lowest BCUT2D eigenvalue weighted by atomic mass is 9.98. The van der Waals surface area contributed by atoms with Crippen LogP contribution in [0.1, 0.15) is 515 Å². The van der Waals surface area contributed by atoms with Crippen LogP contribution in [0.4, 0.5) is 0 Å². The molecule has 0 aliphatic carbocycles. The summed E-state index contributed by atoms with van der Waals surface area (Å²) in [7, 11) is 0. The minimum atomic E-state index is -0.125. The van der Waals surface area contributed by atoms with E-state index in [-0.39, 0.29) is 35.5 Å². The SMILES string of the molecule is CCCCCCCCCCCCCCCCCCCCCCCCCCCCCCCCCCCCCCCCCCC1CC(=O)N(CCNCCNCCNCCN2C(=O)CC(CCCCCCCCCCCCCCCCCCCCCCCCCCCCCCCCCCCC)C2=O)C1=O. The van der Waals surface area contributed by atoms with E-state index < -0.39 is 0 Å². The molecule has 0 aromatic heterocycles. The van der Waals surface area contributed by atoms with Crippen LogP contribution < -0.4 is 16.0 Å². The molecule has 2 unspecified atom stereocenters. The summed E-state index contributed by atoms with van der Waals surface area (Å²) in [5.74, 6) is -0.193. The van der Waals surface area contributed by atoms with Crippen molar-refractivity contribution in [3.05, 3.63) is 0 Å². The number of unbranched alkanes of at least 4 members (excludes halogenated alkanes) is 72. The van der Waals surface area contributed by atoms with E-state index in [1.54, 1.807) is 0 Å². The van der Waals surface area contributed by atoms with E-state index in [0.717, 1.165) is 51.9 Å². The molecule has 2 aliphatic rings. The van der Waals surface area contributed by atoms with Gasteiger partial charge in [0.15, 0.2) is 0 Å². The molecule has 0 bridgehead atoms. The third kappa shape index (κ3) is 64.7. The van der Waals surface area contributed by atoms with Crippen LogP contribution in [0.3, 0.4) is 0 Å². The molecule has 3 N–H and O–H groups in total. The number of likely N-dealkylation sites (tertiary alicyclic amines) is 2. The largest absolute Gasteiger partial charge is 0.314 e. The average molecular weight is 1450 g/mol. The lowest BCUT2D eigenvalue weighted by Gasteiger charge is -2.16. The van der Waals surface area contributed by atoms with Gasteiger partial charge < -0.3 is 16.0 Å². The van der Waals surface area contributed by atoms with Crippen LogP contribution in [0.5, 0.6) is 0 Å². The van der Waals surface area contributed by atoms with Gasteiger partial charge in [-0.25, -0.2) is 0 Å². The zero-order valence-electron chi connectivity index (χ0n) is 70.0. The Kier molecular flexibility index (Phi) is 75.2. The Morgan fingerprint density at radius 1 is 0.204 bits per heavy atom. The van der Waals surface area contributed by atoms with Crippen molar-refractivity contribution >= 4 is 23.6 Å². The van der Waals surface area contributed by atoms with E-state index >= 15 is 0 Å². The van der Waals surface area contributed by atoms with Gasteiger partial charge in [-0.15, -0.1) is 0 Å². The summed E-state index contributed by atoms with van der Waals surface area (Å²) in [6.45, 7) is 9.84. The maximum Gasteiger partial charge on any atom is 0.232 e. The van der Waals surface area contributed by atoms with Crippen LogP contribution in [-0.4, -0.2) is 85.8 Å². The van der Waals surface area contributed by atoms with E-state index in [0.29, 0.717) is 39.0 Å². The van der Waals surface area contributed by atoms with Crippen molar-refractivity contribution in [3.63, 3.8) is 0 Å². The lowest BCUT2D eigenvalue weighted by molar-refractivity contribution is -0.140. The molecule has 0 spiro atoms. The van der Waals surface area contributed by atoms with Crippen LogP contribution in [0.2, 0.25) is 0 Å². The Morgan fingerprint density at radius 2 is 0.340 bits per heavy atom. The van der Waals surface area contributed by atoms with E-state index in [1.165, 1.54) is 472 Å². The summed E-state index contributed by atoms with van der Waals surface area (Å²) >= 11 is 0. The van der Waals surface area contributed by atoms with Crippen LogP contribution in [-0.2, 0) is 19.2 Å². The van der Waals surface area contributed by atoms with Crippen LogP contribution in [0, 0.1) is 11.8 Å². The molecule has 0 aromatic rings. The summed E-state index contributed by atoms with van der Waals surface area (Å²) in [5.41, 5.74) is 0. The molecular formula is C94H183N5O4. The number of rotatable bonds is 88. The fourth-order valence-electron chi connectivity index (χ4n) is 16.8. The number of nitrogens with one attached hydrogen (secondary N) is 3. The van der Waals surface area contributed by atoms with Gasteiger partial charge in [-0.05, 0) is 12.8 Å². The van der Waals surface area contributed by atoms with Gasteiger partial charge in [0.2, 0.25) is 23.6 Å². The summed E-state index contributed by atoms with van der Waals surface area (Å²) in [5, 5.41) is 10.2. The van der Waals surface area contributed by atoms with Gasteiger partial charge in [-0.2, -0.15) is 0 Å². The normalized spacial score (nSPS) is 14.9. The van der Waals surface area contributed by atoms with Crippen molar-refractivity contribution in [1.82, 2.24) is 25.8 Å². The van der Waals surface area contributed by atoms with E-state index in [4.69, 9.17) is 0 Å². The van der Waals surface area contributed by atoms with Gasteiger partial charge in [0, 0.05) is 77.0 Å². The van der Waals surface area contributed by atoms with Crippen molar-refractivity contribution in [1.29, 1.82) is 0 Å². The fourth-order valence-corrected chi connectivity index (χ4v) is 16.8. The first-order chi connectivity index (χ1) is 51.0. The maximum atomic E-state index is 13.1. The predicted octanol–water partition coefficient (Wildman–Crippen LogP) is 28.2. The average Bonchev–Trinajstić information content (AvgIpc) is 1.71. The quantitative estimate of drug-likeness (QED) is 0.0411. The molecule has 9 heteroatoms. The number of hydrogen-bond acceptors (Lipinski definition) is 7. The molecule has 2 aliphatic heterocycles. The van der Waals surface area contributed by atoms with E-state index in [1.807, 2.05) is 0 Å². The number of nitrogens with zero attached hydrogens (tertiary/aromatic N) is 2. The maximum absolute atomic E-state index is 13.1. The van der Waals surface area contributed by atoms with Crippen LogP contribution in [0.15, 0.2) is 0 Å². The van der Waals surface area contributed by atoms with Gasteiger partial charge >= 0.3 is 0 Å². The van der Waals surface area contributed by atoms with Gasteiger partial charge in [0.05, 0.1) is 0 Å². The van der Waals surface area contributed by atoms with Gasteiger partial charge in [0.1, 0.15) is 0 Å². The van der Waals surface area contributed by atoms with Crippen molar-refractivity contribution < 1.29 is 19.2 Å². The molecule has 2 atom stereocenters. The molecule has 608 valence electrons. The Balaban J connectivity index is 1.22. The number of carbonyl (C=O) groups is 4. The van der Waals surface area contributed by atoms with Crippen molar-refractivity contribution in [2.75, 3.05) is 52.4 Å². The highest BCUT2D eigenvalue weighted by atomic mass is 16.2. The smallest absolute Gasteiger partial charge is 0.232 e. The number of amides is 4. The molecule has 2 fully saturated rings. The minimum Gasteiger partial charge on any atom is -0.314 e. The first-order valence-electron chi connectivity index (χ1n) is 47.8. The molecule has 2 rings (SSSR count). The monoisotopic (exact) mass is 1450 g/mol. The first-order valence-corrected chi connectivity index (χ1v) is 47.8. The molecular weight excluding hydrogens is 1260 g/mol. The summed E-state index contributed by atoms with van der Waals surface area (Å²) in [4.78, 5) is 54.6. The lowest BCUT2D eigenvalue weighted by Crippen LogP contribution is -2.40. The Hall–Kier alpha value is -1.84. The molecule has 9 nitrogen and oxygen atoms in total. The highest BCUT2D eigenvalue weighted by Gasteiger charge is 2.38. The topological polar surface area (TPSA) is 111 Å². The Bertz CT molecular complexity index is 1780. The van der Waals surface area contributed by atoms with Gasteiger partial charge in [0.25, 0.3) is 0 Å². The highest BCUT2D eigenvalue weighted by Crippen LogP contribution is 2.28. The third-order valence-electron chi connectivity index (χ3n) is 24.0. The number of imide groups is 2. The molecule has 2 saturated heterocycles. The summed E-state index contributed by atoms with van der Waals surface area (Å²) < 4.78 is 0. The summed E-state index contributed by atoms with van der Waals surface area (Å²) in [6, 6.07) is 0. The highest BCUT2D eigenvalue weighted by molar-refractivity contribution is 6.04. The zero-order valence-corrected chi connectivity index (χ0v) is 70.0. The Morgan fingerprint density at radius 3 is 0.495 bits per heavy atom. The van der Waals surface area contributed by atoms with Gasteiger partial charge in [-0.3, -0.25) is 29.0 Å². The number of carbonyl (C=O) groups excluding carboxylic acids is 4. The zero-order chi connectivity index (χ0) is 73.6. The molecule has 0 aromatic carbocycles. The second kappa shape index (κ2) is 79.7.